The molecule has 0 aliphatic heterocycles. The van der Waals surface area contributed by atoms with Crippen molar-refractivity contribution in [2.24, 2.45) is 0 Å². The summed E-state index contributed by atoms with van der Waals surface area (Å²) in [6.07, 6.45) is -6.11. The van der Waals surface area contributed by atoms with Gasteiger partial charge in [-0.25, -0.2) is 0 Å². The van der Waals surface area contributed by atoms with Gasteiger partial charge in [0.2, 0.25) is 0 Å². The number of alkyl halides is 6. The molecule has 7 aromatic rings. The van der Waals surface area contributed by atoms with Gasteiger partial charge in [0.25, 0.3) is 0 Å². The highest BCUT2D eigenvalue weighted by molar-refractivity contribution is 5.99. The monoisotopic (exact) mass is 754 g/mol. The molecule has 2 aromatic heterocycles. The van der Waals surface area contributed by atoms with Crippen LogP contribution in [0.1, 0.15) is 33.4 Å². The van der Waals surface area contributed by atoms with Crippen LogP contribution < -0.4 is 4.74 Å². The van der Waals surface area contributed by atoms with Gasteiger partial charge >= 0.3 is 18.3 Å². The fraction of sp³-hybridized carbons (Fsp3) is 0.140. The Morgan fingerprint density at radius 3 is 1.60 bits per heavy atom. The second kappa shape index (κ2) is 15.5. The van der Waals surface area contributed by atoms with Crippen molar-refractivity contribution < 1.29 is 46.1 Å². The lowest BCUT2D eigenvalue weighted by atomic mass is 9.95. The Kier molecular flexibility index (Phi) is 10.8. The van der Waals surface area contributed by atoms with Crippen LogP contribution in [0, 0.1) is 13.8 Å². The minimum absolute atomic E-state index is 0.0432. The number of benzene rings is 5. The number of aromatic nitrogens is 2. The third kappa shape index (κ3) is 8.70. The molecule has 2 heterocycles. The summed E-state index contributed by atoms with van der Waals surface area (Å²) in [5, 5.41) is 19.3. The molecule has 0 saturated carbocycles. The number of aliphatic carboxylic acids is 1. The maximum absolute atomic E-state index is 13.5. The van der Waals surface area contributed by atoms with Crippen LogP contribution in [0.25, 0.3) is 44.1 Å². The molecule has 2 N–H and O–H groups in total. The Hall–Kier alpha value is -6.43. The third-order valence-electron chi connectivity index (χ3n) is 8.83. The number of ether oxygens (including phenoxy) is 1. The van der Waals surface area contributed by atoms with Gasteiger partial charge in [0.05, 0.1) is 28.6 Å². The normalized spacial score (nSPS) is 11.6. The van der Waals surface area contributed by atoms with E-state index in [0.29, 0.717) is 38.8 Å². The van der Waals surface area contributed by atoms with Crippen molar-refractivity contribution in [2.75, 3.05) is 0 Å². The van der Waals surface area contributed by atoms with E-state index in [4.69, 9.17) is 9.84 Å². The molecular formula is C43H32F6N2O4. The van der Waals surface area contributed by atoms with Crippen LogP contribution in [0.3, 0.4) is 0 Å². The van der Waals surface area contributed by atoms with E-state index in [1.54, 1.807) is 73.7 Å². The van der Waals surface area contributed by atoms with Crippen molar-refractivity contribution >= 4 is 27.8 Å². The number of aromatic hydroxyl groups is 1. The standard InChI is InChI=1S/C26H20F3NO3.C17H12F3NO/c1-16-14-30-25-21(6-3-7-22(25)26(27,28)29)24(16)19-4-2-5-20(13-19)33-15-18-10-8-17(9-11-18)12-23(31)32;1-10-9-21-16-13(6-3-7-14(16)17(18,19)20)15(10)11-4-2-5-12(22)8-11/h2-11,13-14H,12,15H2,1H3,(H,31,32);2-9,22H,1H3. The first kappa shape index (κ1) is 38.3. The van der Waals surface area contributed by atoms with Gasteiger partial charge in [-0.1, -0.05) is 72.8 Å². The molecule has 0 radical (unpaired) electrons. The average molecular weight is 755 g/mol. The van der Waals surface area contributed by atoms with Crippen molar-refractivity contribution in [3.05, 3.63) is 155 Å². The number of carboxylic acids is 1. The van der Waals surface area contributed by atoms with E-state index < -0.39 is 29.4 Å². The first-order valence-corrected chi connectivity index (χ1v) is 16.8. The van der Waals surface area contributed by atoms with Crippen LogP contribution in [-0.4, -0.2) is 26.2 Å². The SMILES string of the molecule is Cc1cnc2c(C(F)(F)F)cccc2c1-c1cccc(O)c1.Cc1cnc2c(C(F)(F)F)cccc2c1-c1cccc(OCc2ccc(CC(=O)O)cc2)c1. The van der Waals surface area contributed by atoms with Gasteiger partial charge in [-0.2, -0.15) is 26.3 Å². The number of carboxylic acid groups (broad SMARTS) is 1. The van der Waals surface area contributed by atoms with Gasteiger partial charge in [-0.05, 0) is 94.8 Å². The number of nitrogens with zero attached hydrogens (tertiary/aromatic N) is 2. The van der Waals surface area contributed by atoms with Crippen LogP contribution >= 0.6 is 0 Å². The van der Waals surface area contributed by atoms with Crippen LogP contribution in [0.4, 0.5) is 26.3 Å². The zero-order valence-corrected chi connectivity index (χ0v) is 29.3. The largest absolute Gasteiger partial charge is 0.508 e. The number of halogens is 6. The summed E-state index contributed by atoms with van der Waals surface area (Å²) in [6.45, 7) is 3.87. The highest BCUT2D eigenvalue weighted by atomic mass is 19.4. The molecule has 5 aromatic carbocycles. The summed E-state index contributed by atoms with van der Waals surface area (Å²) < 4.78 is 85.7. The second-order valence-electron chi connectivity index (χ2n) is 12.8. The number of para-hydroxylation sites is 2. The summed E-state index contributed by atoms with van der Waals surface area (Å²) in [7, 11) is 0. The third-order valence-corrected chi connectivity index (χ3v) is 8.83. The molecule has 0 bridgehead atoms. The highest BCUT2D eigenvalue weighted by Gasteiger charge is 2.34. The molecule has 0 aliphatic rings. The van der Waals surface area contributed by atoms with Gasteiger partial charge in [0.15, 0.2) is 0 Å². The second-order valence-corrected chi connectivity index (χ2v) is 12.8. The highest BCUT2D eigenvalue weighted by Crippen LogP contribution is 2.40. The number of fused-ring (bicyclic) bond motifs is 2. The molecule has 0 unspecified atom stereocenters. The Balaban J connectivity index is 0.000000203. The number of phenols is 1. The Morgan fingerprint density at radius 2 is 1.11 bits per heavy atom. The first-order valence-electron chi connectivity index (χ1n) is 16.8. The molecule has 0 aliphatic carbocycles. The predicted octanol–water partition coefficient (Wildman–Crippen LogP) is 11.4. The summed E-state index contributed by atoms with van der Waals surface area (Å²) >= 11 is 0. The van der Waals surface area contributed by atoms with Crippen LogP contribution in [0.2, 0.25) is 0 Å². The van der Waals surface area contributed by atoms with Crippen molar-refractivity contribution in [1.82, 2.24) is 9.97 Å². The number of aryl methyl sites for hydroxylation is 2. The fourth-order valence-corrected chi connectivity index (χ4v) is 6.37. The number of hydrogen-bond donors (Lipinski definition) is 2. The number of phenolic OH excluding ortho intramolecular Hbond substituents is 1. The molecule has 0 saturated heterocycles. The van der Waals surface area contributed by atoms with E-state index in [9.17, 15) is 36.2 Å². The minimum atomic E-state index is -4.50. The van der Waals surface area contributed by atoms with Gasteiger partial charge < -0.3 is 14.9 Å². The van der Waals surface area contributed by atoms with Crippen molar-refractivity contribution in [3.8, 4) is 33.8 Å². The van der Waals surface area contributed by atoms with E-state index in [2.05, 4.69) is 9.97 Å². The van der Waals surface area contributed by atoms with Gasteiger partial charge in [-0.3, -0.25) is 14.8 Å². The maximum Gasteiger partial charge on any atom is 0.418 e. The van der Waals surface area contributed by atoms with E-state index in [1.165, 1.54) is 36.7 Å². The zero-order valence-electron chi connectivity index (χ0n) is 29.3. The van der Waals surface area contributed by atoms with E-state index >= 15 is 0 Å². The molecule has 0 fully saturated rings. The summed E-state index contributed by atoms with van der Waals surface area (Å²) in [5.41, 5.74) is 4.09. The van der Waals surface area contributed by atoms with Gasteiger partial charge in [0.1, 0.15) is 18.1 Å². The van der Waals surface area contributed by atoms with Crippen molar-refractivity contribution in [2.45, 2.75) is 39.2 Å². The van der Waals surface area contributed by atoms with Crippen LogP contribution in [0.15, 0.2) is 122 Å². The lowest BCUT2D eigenvalue weighted by Crippen LogP contribution is -2.07. The Morgan fingerprint density at radius 1 is 0.636 bits per heavy atom. The number of hydrogen-bond acceptors (Lipinski definition) is 5. The smallest absolute Gasteiger partial charge is 0.418 e. The fourth-order valence-electron chi connectivity index (χ4n) is 6.37. The maximum atomic E-state index is 13.5. The van der Waals surface area contributed by atoms with E-state index in [1.807, 2.05) is 13.0 Å². The van der Waals surface area contributed by atoms with Crippen molar-refractivity contribution in [3.63, 3.8) is 0 Å². The van der Waals surface area contributed by atoms with Crippen LogP contribution in [0.5, 0.6) is 11.5 Å². The molecule has 55 heavy (non-hydrogen) atoms. The van der Waals surface area contributed by atoms with Gasteiger partial charge in [0, 0.05) is 23.2 Å². The quantitative estimate of drug-likeness (QED) is 0.157. The van der Waals surface area contributed by atoms with E-state index in [0.717, 1.165) is 34.4 Å². The Labute approximate surface area is 311 Å². The zero-order chi connectivity index (χ0) is 39.5. The molecule has 0 amide bonds. The average Bonchev–Trinajstić information content (AvgIpc) is 3.13. The number of rotatable bonds is 7. The molecule has 7 rings (SSSR count). The summed E-state index contributed by atoms with van der Waals surface area (Å²) in [6, 6.07) is 28.8. The summed E-state index contributed by atoms with van der Waals surface area (Å²) in [5.74, 6) is -0.260. The topological polar surface area (TPSA) is 92.5 Å². The van der Waals surface area contributed by atoms with Crippen molar-refractivity contribution in [1.29, 1.82) is 0 Å². The number of pyridine rings is 2. The molecule has 0 spiro atoms. The molecule has 0 atom stereocenters. The lowest BCUT2D eigenvalue weighted by molar-refractivity contribution is -0.137. The van der Waals surface area contributed by atoms with Gasteiger partial charge in [-0.15, -0.1) is 0 Å². The van der Waals surface area contributed by atoms with E-state index in [-0.39, 0.29) is 29.8 Å². The number of carbonyl (C=O) groups is 1. The first-order chi connectivity index (χ1) is 26.1. The molecule has 12 heteroatoms. The Bertz CT molecular complexity index is 2510. The molecular weight excluding hydrogens is 722 g/mol. The summed E-state index contributed by atoms with van der Waals surface area (Å²) in [4.78, 5) is 18.8. The lowest BCUT2D eigenvalue weighted by Gasteiger charge is -2.15. The molecule has 280 valence electrons. The molecule has 6 nitrogen and oxygen atoms in total. The minimum Gasteiger partial charge on any atom is -0.508 e. The van der Waals surface area contributed by atoms with Crippen LogP contribution in [-0.2, 0) is 30.2 Å². The predicted molar refractivity (Wildman–Crippen MR) is 198 cm³/mol.